The van der Waals surface area contributed by atoms with Gasteiger partial charge in [0.2, 0.25) is 10.0 Å². The topological polar surface area (TPSA) is 73.6 Å². The van der Waals surface area contributed by atoms with Gasteiger partial charge in [0.15, 0.2) is 0 Å². The van der Waals surface area contributed by atoms with Crippen LogP contribution in [0.25, 0.3) is 0 Å². The van der Waals surface area contributed by atoms with Gasteiger partial charge in [-0.05, 0) is 24.6 Å². The van der Waals surface area contributed by atoms with Gasteiger partial charge in [0.05, 0.1) is 28.7 Å². The molecule has 1 heterocycles. The quantitative estimate of drug-likeness (QED) is 0.551. The molecule has 0 amide bonds. The number of nitriles is 1. The Labute approximate surface area is 167 Å². The van der Waals surface area contributed by atoms with Gasteiger partial charge >= 0.3 is 0 Å². The molecule has 0 radical (unpaired) electrons. The van der Waals surface area contributed by atoms with Crippen molar-refractivity contribution in [3.63, 3.8) is 0 Å². The second kappa shape index (κ2) is 11.0. The van der Waals surface area contributed by atoms with Gasteiger partial charge in [0.1, 0.15) is 6.07 Å². The summed E-state index contributed by atoms with van der Waals surface area (Å²) < 4.78 is 33.2. The van der Waals surface area contributed by atoms with Crippen LogP contribution in [0.5, 0.6) is 0 Å². The Morgan fingerprint density at radius 3 is 2.59 bits per heavy atom. The number of sulfonamides is 1. The number of hydrogen-bond donors (Lipinski definition) is 0. The summed E-state index contributed by atoms with van der Waals surface area (Å²) in [7, 11) is -3.65. The Morgan fingerprint density at radius 1 is 1.22 bits per heavy atom. The number of unbranched alkanes of at least 4 members (excludes halogenated alkanes) is 3. The maximum absolute atomic E-state index is 13.2. The summed E-state index contributed by atoms with van der Waals surface area (Å²) in [6.45, 7) is 6.77. The first-order chi connectivity index (χ1) is 13.0. The molecule has 0 aromatic heterocycles. The zero-order valence-corrected chi connectivity index (χ0v) is 17.4. The fourth-order valence-corrected chi connectivity index (χ4v) is 4.82. The first kappa shape index (κ1) is 22.1. The second-order valence-corrected chi connectivity index (χ2v) is 9.02. The molecule has 1 fully saturated rings. The average Bonchev–Trinajstić information content (AvgIpc) is 2.68. The third-order valence-electron chi connectivity index (χ3n) is 4.73. The van der Waals surface area contributed by atoms with Crippen LogP contribution in [0.15, 0.2) is 23.1 Å². The van der Waals surface area contributed by atoms with E-state index in [2.05, 4.69) is 11.8 Å². The van der Waals surface area contributed by atoms with Crippen LogP contribution in [0.1, 0.15) is 38.2 Å². The lowest BCUT2D eigenvalue weighted by Gasteiger charge is -2.29. The molecule has 1 aliphatic rings. The van der Waals surface area contributed by atoms with Crippen molar-refractivity contribution in [2.45, 2.75) is 37.5 Å². The number of halogens is 1. The zero-order chi connectivity index (χ0) is 19.7. The van der Waals surface area contributed by atoms with E-state index in [1.165, 1.54) is 18.2 Å². The van der Waals surface area contributed by atoms with Crippen LogP contribution >= 0.6 is 11.6 Å². The summed E-state index contributed by atoms with van der Waals surface area (Å²) >= 11 is 6.06. The van der Waals surface area contributed by atoms with E-state index in [9.17, 15) is 8.42 Å². The molecule has 0 N–H and O–H groups in total. The number of nitrogens with zero attached hydrogens (tertiary/aromatic N) is 3. The van der Waals surface area contributed by atoms with Crippen LogP contribution in [0.2, 0.25) is 5.02 Å². The molecule has 0 aliphatic carbocycles. The maximum atomic E-state index is 13.2. The third-order valence-corrected chi connectivity index (χ3v) is 6.94. The van der Waals surface area contributed by atoms with Crippen LogP contribution in [-0.2, 0) is 14.8 Å². The molecule has 1 aromatic carbocycles. The molecule has 0 unspecified atom stereocenters. The molecule has 0 atom stereocenters. The third kappa shape index (κ3) is 6.44. The highest BCUT2D eigenvalue weighted by Gasteiger charge is 2.25. The van der Waals surface area contributed by atoms with Crippen LogP contribution in [0.4, 0.5) is 0 Å². The minimum atomic E-state index is -3.65. The molecule has 1 aliphatic heterocycles. The van der Waals surface area contributed by atoms with Crippen molar-refractivity contribution in [3.05, 3.63) is 28.8 Å². The molecule has 2 rings (SSSR count). The monoisotopic (exact) mass is 413 g/mol. The summed E-state index contributed by atoms with van der Waals surface area (Å²) in [4.78, 5) is 2.37. The Hall–Kier alpha value is -1.17. The summed E-state index contributed by atoms with van der Waals surface area (Å²) in [6, 6.07) is 6.27. The first-order valence-electron chi connectivity index (χ1n) is 9.49. The average molecular weight is 414 g/mol. The van der Waals surface area contributed by atoms with Gasteiger partial charge in [-0.15, -0.1) is 0 Å². The highest BCUT2D eigenvalue weighted by atomic mass is 35.5. The standard InChI is InChI=1S/C19H28ClN3O3S/c1-2-3-4-5-8-23(10-9-22-11-13-26-14-12-22)27(24,25)18-7-6-17(16-21)19(20)15-18/h6-7,15H,2-5,8-14H2,1H3. The maximum Gasteiger partial charge on any atom is 0.243 e. The van der Waals surface area contributed by atoms with Crippen molar-refractivity contribution in [1.82, 2.24) is 9.21 Å². The minimum absolute atomic E-state index is 0.143. The molecular formula is C19H28ClN3O3S. The molecule has 6 nitrogen and oxygen atoms in total. The highest BCUT2D eigenvalue weighted by molar-refractivity contribution is 7.89. The SMILES string of the molecule is CCCCCCN(CCN1CCOCC1)S(=O)(=O)c1ccc(C#N)c(Cl)c1. The molecule has 1 saturated heterocycles. The number of hydrogen-bond acceptors (Lipinski definition) is 5. The lowest BCUT2D eigenvalue weighted by molar-refractivity contribution is 0.0362. The summed E-state index contributed by atoms with van der Waals surface area (Å²) in [6.07, 6.45) is 4.04. The Bertz CT molecular complexity index is 743. The molecule has 0 spiro atoms. The van der Waals surface area contributed by atoms with Gasteiger partial charge in [-0.1, -0.05) is 37.8 Å². The molecule has 0 saturated carbocycles. The van der Waals surface area contributed by atoms with E-state index in [1.807, 2.05) is 6.07 Å². The van der Waals surface area contributed by atoms with Crippen LogP contribution in [0, 0.1) is 11.3 Å². The Balaban J connectivity index is 2.13. The first-order valence-corrected chi connectivity index (χ1v) is 11.3. The Morgan fingerprint density at radius 2 is 1.96 bits per heavy atom. The van der Waals surface area contributed by atoms with Gasteiger partial charge < -0.3 is 4.74 Å². The molecule has 27 heavy (non-hydrogen) atoms. The second-order valence-electron chi connectivity index (χ2n) is 6.67. The zero-order valence-electron chi connectivity index (χ0n) is 15.9. The predicted octanol–water partition coefficient (Wildman–Crippen LogP) is 3.11. The Kier molecular flexibility index (Phi) is 9.00. The van der Waals surface area contributed by atoms with Crippen molar-refractivity contribution < 1.29 is 13.2 Å². The number of benzene rings is 1. The van der Waals surface area contributed by atoms with Crippen molar-refractivity contribution in [2.75, 3.05) is 45.9 Å². The van der Waals surface area contributed by atoms with E-state index in [0.717, 1.165) is 38.8 Å². The van der Waals surface area contributed by atoms with E-state index in [0.29, 0.717) is 32.8 Å². The molecule has 0 bridgehead atoms. The smallest absolute Gasteiger partial charge is 0.243 e. The van der Waals surface area contributed by atoms with Crippen molar-refractivity contribution in [3.8, 4) is 6.07 Å². The molecular weight excluding hydrogens is 386 g/mol. The molecule has 150 valence electrons. The van der Waals surface area contributed by atoms with Gasteiger partial charge in [-0.3, -0.25) is 4.90 Å². The van der Waals surface area contributed by atoms with Crippen LogP contribution < -0.4 is 0 Å². The number of rotatable bonds is 10. The van der Waals surface area contributed by atoms with E-state index >= 15 is 0 Å². The van der Waals surface area contributed by atoms with Gasteiger partial charge in [-0.25, -0.2) is 8.42 Å². The van der Waals surface area contributed by atoms with E-state index in [-0.39, 0.29) is 15.5 Å². The fourth-order valence-electron chi connectivity index (χ4n) is 3.04. The predicted molar refractivity (Wildman–Crippen MR) is 106 cm³/mol. The summed E-state index contributed by atoms with van der Waals surface area (Å²) in [5.41, 5.74) is 0.276. The fraction of sp³-hybridized carbons (Fsp3) is 0.632. The summed E-state index contributed by atoms with van der Waals surface area (Å²) in [5, 5.41) is 9.17. The lowest BCUT2D eigenvalue weighted by Crippen LogP contribution is -2.43. The molecule has 1 aromatic rings. The van der Waals surface area contributed by atoms with Crippen molar-refractivity contribution >= 4 is 21.6 Å². The number of morpholine rings is 1. The van der Waals surface area contributed by atoms with Gasteiger partial charge in [0.25, 0.3) is 0 Å². The highest BCUT2D eigenvalue weighted by Crippen LogP contribution is 2.23. The number of ether oxygens (including phenoxy) is 1. The van der Waals surface area contributed by atoms with E-state index in [4.69, 9.17) is 21.6 Å². The van der Waals surface area contributed by atoms with Crippen molar-refractivity contribution in [1.29, 1.82) is 5.26 Å². The minimum Gasteiger partial charge on any atom is -0.379 e. The summed E-state index contributed by atoms with van der Waals surface area (Å²) in [5.74, 6) is 0. The van der Waals surface area contributed by atoms with Crippen LogP contribution in [-0.4, -0.2) is 63.6 Å². The largest absolute Gasteiger partial charge is 0.379 e. The van der Waals surface area contributed by atoms with Crippen LogP contribution in [0.3, 0.4) is 0 Å². The van der Waals surface area contributed by atoms with Gasteiger partial charge in [0, 0.05) is 32.7 Å². The normalized spacial score (nSPS) is 15.8. The van der Waals surface area contributed by atoms with Crippen molar-refractivity contribution in [2.24, 2.45) is 0 Å². The van der Waals surface area contributed by atoms with E-state index in [1.54, 1.807) is 4.31 Å². The lowest BCUT2D eigenvalue weighted by atomic mass is 10.2. The molecule has 8 heteroatoms. The van der Waals surface area contributed by atoms with Gasteiger partial charge in [-0.2, -0.15) is 9.57 Å². The van der Waals surface area contributed by atoms with E-state index < -0.39 is 10.0 Å².